The van der Waals surface area contributed by atoms with Crippen LogP contribution in [0.1, 0.15) is 45.4 Å². The second kappa shape index (κ2) is 2.33. The number of hydrogen-bond donors (Lipinski definition) is 0. The third-order valence-corrected chi connectivity index (χ3v) is 3.76. The van der Waals surface area contributed by atoms with Gasteiger partial charge < -0.3 is 0 Å². The first-order valence-corrected chi connectivity index (χ1v) is 4.77. The van der Waals surface area contributed by atoms with Gasteiger partial charge in [0.1, 0.15) is 5.78 Å². The molecule has 0 aliphatic heterocycles. The highest BCUT2D eigenvalue weighted by molar-refractivity contribution is 5.87. The van der Waals surface area contributed by atoms with Gasteiger partial charge in [-0.1, -0.05) is 19.8 Å². The molecule has 0 bridgehead atoms. The summed E-state index contributed by atoms with van der Waals surface area (Å²) in [6.45, 7) is 2.19. The average molecular weight is 152 g/mol. The third-order valence-electron chi connectivity index (χ3n) is 3.76. The summed E-state index contributed by atoms with van der Waals surface area (Å²) in [6, 6.07) is 0. The van der Waals surface area contributed by atoms with Gasteiger partial charge in [0.2, 0.25) is 0 Å². The first kappa shape index (κ1) is 7.33. The van der Waals surface area contributed by atoms with Crippen molar-refractivity contribution in [3.8, 4) is 0 Å². The number of carbonyl (C=O) groups is 1. The smallest absolute Gasteiger partial charge is 0.139 e. The van der Waals surface area contributed by atoms with Crippen molar-refractivity contribution in [2.75, 3.05) is 0 Å². The van der Waals surface area contributed by atoms with Crippen molar-refractivity contribution in [2.45, 2.75) is 45.4 Å². The van der Waals surface area contributed by atoms with Crippen LogP contribution < -0.4 is 0 Å². The second-order valence-corrected chi connectivity index (χ2v) is 4.32. The van der Waals surface area contributed by atoms with Gasteiger partial charge in [0.25, 0.3) is 0 Å². The molecule has 2 aliphatic carbocycles. The summed E-state index contributed by atoms with van der Waals surface area (Å²) >= 11 is 0. The van der Waals surface area contributed by atoms with E-state index in [1.807, 2.05) is 0 Å². The summed E-state index contributed by atoms with van der Waals surface area (Å²) in [5.41, 5.74) is 0.109. The van der Waals surface area contributed by atoms with Crippen molar-refractivity contribution >= 4 is 5.78 Å². The molecule has 2 saturated carbocycles. The predicted molar refractivity (Wildman–Crippen MR) is 44.3 cm³/mol. The quantitative estimate of drug-likeness (QED) is 0.521. The van der Waals surface area contributed by atoms with Gasteiger partial charge in [0.15, 0.2) is 0 Å². The highest BCUT2D eigenvalue weighted by Crippen LogP contribution is 2.49. The standard InChI is InChI=1S/C10H16O/c1-10-7-3-2-4-8(10)5-6-9(10)11/h8H,2-7H2,1H3/t8-,10?/m1/s1. The average Bonchev–Trinajstić information content (AvgIpc) is 2.29. The zero-order valence-electron chi connectivity index (χ0n) is 7.23. The molecule has 0 aromatic heterocycles. The van der Waals surface area contributed by atoms with E-state index in [4.69, 9.17) is 0 Å². The Hall–Kier alpha value is -0.330. The summed E-state index contributed by atoms with van der Waals surface area (Å²) in [5, 5.41) is 0. The second-order valence-electron chi connectivity index (χ2n) is 4.32. The van der Waals surface area contributed by atoms with Crippen LogP contribution in [0.3, 0.4) is 0 Å². The number of ketones is 1. The summed E-state index contributed by atoms with van der Waals surface area (Å²) in [6.07, 6.45) is 7.14. The zero-order valence-corrected chi connectivity index (χ0v) is 7.23. The van der Waals surface area contributed by atoms with E-state index < -0.39 is 0 Å². The number of Topliss-reactive ketones (excluding diaryl/α,β-unsaturated/α-hetero) is 1. The Morgan fingerprint density at radius 1 is 1.36 bits per heavy atom. The monoisotopic (exact) mass is 152 g/mol. The van der Waals surface area contributed by atoms with E-state index >= 15 is 0 Å². The molecule has 1 unspecified atom stereocenters. The number of hydrogen-bond acceptors (Lipinski definition) is 1. The van der Waals surface area contributed by atoms with Crippen molar-refractivity contribution in [3.05, 3.63) is 0 Å². The van der Waals surface area contributed by atoms with E-state index in [1.54, 1.807) is 0 Å². The van der Waals surface area contributed by atoms with Gasteiger partial charge in [-0.05, 0) is 25.2 Å². The highest BCUT2D eigenvalue weighted by Gasteiger charge is 2.46. The van der Waals surface area contributed by atoms with Crippen molar-refractivity contribution in [1.82, 2.24) is 0 Å². The largest absolute Gasteiger partial charge is 0.299 e. The first-order chi connectivity index (χ1) is 5.23. The van der Waals surface area contributed by atoms with Crippen LogP contribution in [0.4, 0.5) is 0 Å². The van der Waals surface area contributed by atoms with Gasteiger partial charge in [-0.3, -0.25) is 4.79 Å². The minimum absolute atomic E-state index is 0.109. The van der Waals surface area contributed by atoms with Crippen LogP contribution in [0.2, 0.25) is 0 Å². The Morgan fingerprint density at radius 3 is 2.91 bits per heavy atom. The van der Waals surface area contributed by atoms with Crippen LogP contribution in [-0.4, -0.2) is 5.78 Å². The molecule has 0 radical (unpaired) electrons. The molecular weight excluding hydrogens is 136 g/mol. The third kappa shape index (κ3) is 0.935. The van der Waals surface area contributed by atoms with Crippen molar-refractivity contribution < 1.29 is 4.79 Å². The van der Waals surface area contributed by atoms with Gasteiger partial charge in [-0.2, -0.15) is 0 Å². The van der Waals surface area contributed by atoms with E-state index in [0.29, 0.717) is 5.78 Å². The molecule has 0 saturated heterocycles. The highest BCUT2D eigenvalue weighted by atomic mass is 16.1. The Bertz CT molecular complexity index is 185. The summed E-state index contributed by atoms with van der Waals surface area (Å²) in [5.74, 6) is 1.28. The molecule has 2 aliphatic rings. The molecular formula is C10H16O. The lowest BCUT2D eigenvalue weighted by atomic mass is 9.69. The summed E-state index contributed by atoms with van der Waals surface area (Å²) < 4.78 is 0. The van der Waals surface area contributed by atoms with Crippen molar-refractivity contribution in [1.29, 1.82) is 0 Å². The van der Waals surface area contributed by atoms with Crippen molar-refractivity contribution in [3.63, 3.8) is 0 Å². The molecule has 0 N–H and O–H groups in total. The molecule has 0 aromatic carbocycles. The molecule has 0 aromatic rings. The van der Waals surface area contributed by atoms with Crippen LogP contribution in [0, 0.1) is 11.3 Å². The maximum Gasteiger partial charge on any atom is 0.139 e. The SMILES string of the molecule is CC12CCCC[C@@H]1CCC2=O. The van der Waals surface area contributed by atoms with Crippen LogP contribution in [-0.2, 0) is 4.79 Å². The fourth-order valence-corrected chi connectivity index (χ4v) is 2.83. The lowest BCUT2D eigenvalue weighted by molar-refractivity contribution is -0.127. The van der Waals surface area contributed by atoms with E-state index in [1.165, 1.54) is 25.7 Å². The predicted octanol–water partition coefficient (Wildman–Crippen LogP) is 2.55. The molecule has 2 rings (SSSR count). The molecule has 1 nitrogen and oxygen atoms in total. The molecule has 2 fully saturated rings. The Kier molecular flexibility index (Phi) is 1.55. The molecule has 0 spiro atoms. The lowest BCUT2D eigenvalue weighted by Crippen LogP contribution is -2.31. The summed E-state index contributed by atoms with van der Waals surface area (Å²) in [4.78, 5) is 11.5. The van der Waals surface area contributed by atoms with Gasteiger partial charge in [-0.25, -0.2) is 0 Å². The number of carbonyl (C=O) groups excluding carboxylic acids is 1. The van der Waals surface area contributed by atoms with Crippen molar-refractivity contribution in [2.24, 2.45) is 11.3 Å². The van der Waals surface area contributed by atoms with Crippen LogP contribution in [0.15, 0.2) is 0 Å². The van der Waals surface area contributed by atoms with Crippen LogP contribution in [0.5, 0.6) is 0 Å². The first-order valence-electron chi connectivity index (χ1n) is 4.77. The molecule has 1 heteroatoms. The van der Waals surface area contributed by atoms with Crippen LogP contribution in [0.25, 0.3) is 0 Å². The summed E-state index contributed by atoms with van der Waals surface area (Å²) in [7, 11) is 0. The molecule has 62 valence electrons. The normalized spacial score (nSPS) is 44.1. The van der Waals surface area contributed by atoms with E-state index in [-0.39, 0.29) is 5.41 Å². The zero-order chi connectivity index (χ0) is 7.90. The number of rotatable bonds is 0. The molecule has 0 amide bonds. The van der Waals surface area contributed by atoms with E-state index in [9.17, 15) is 4.79 Å². The maximum atomic E-state index is 11.5. The lowest BCUT2D eigenvalue weighted by Gasteiger charge is -2.34. The Morgan fingerprint density at radius 2 is 2.18 bits per heavy atom. The minimum Gasteiger partial charge on any atom is -0.299 e. The molecule has 2 atom stereocenters. The van der Waals surface area contributed by atoms with Gasteiger partial charge >= 0.3 is 0 Å². The van der Waals surface area contributed by atoms with E-state index in [2.05, 4.69) is 6.92 Å². The molecule has 11 heavy (non-hydrogen) atoms. The minimum atomic E-state index is 0.109. The maximum absolute atomic E-state index is 11.5. The Balaban J connectivity index is 2.23. The van der Waals surface area contributed by atoms with Gasteiger partial charge in [-0.15, -0.1) is 0 Å². The van der Waals surface area contributed by atoms with E-state index in [0.717, 1.165) is 18.8 Å². The Labute approximate surface area is 68.2 Å². The topological polar surface area (TPSA) is 17.1 Å². The number of fused-ring (bicyclic) bond motifs is 1. The van der Waals surface area contributed by atoms with Gasteiger partial charge in [0, 0.05) is 11.8 Å². The van der Waals surface area contributed by atoms with Crippen LogP contribution >= 0.6 is 0 Å². The fraction of sp³-hybridized carbons (Fsp3) is 0.900. The fourth-order valence-electron chi connectivity index (χ4n) is 2.83. The van der Waals surface area contributed by atoms with Gasteiger partial charge in [0.05, 0.1) is 0 Å². The molecule has 0 heterocycles.